The van der Waals surface area contributed by atoms with Gasteiger partial charge in [0.1, 0.15) is 0 Å². The lowest BCUT2D eigenvalue weighted by molar-refractivity contribution is -0.141. The molecule has 86 valence electrons. The van der Waals surface area contributed by atoms with Crippen molar-refractivity contribution in [3.05, 3.63) is 0 Å². The van der Waals surface area contributed by atoms with E-state index < -0.39 is 0 Å². The molecule has 0 aromatic rings. The van der Waals surface area contributed by atoms with Gasteiger partial charge in [-0.05, 0) is 38.5 Å². The smallest absolute Gasteiger partial charge is 0.0708 e. The van der Waals surface area contributed by atoms with Crippen LogP contribution in [0.4, 0.5) is 0 Å². The molecule has 0 saturated carbocycles. The van der Waals surface area contributed by atoms with E-state index in [2.05, 4.69) is 55.4 Å². The van der Waals surface area contributed by atoms with Crippen LogP contribution in [0.3, 0.4) is 0 Å². The normalized spacial score (nSPS) is 17.6. The predicted molar refractivity (Wildman–Crippen MR) is 63.5 cm³/mol. The minimum atomic E-state index is -0.0185. The van der Waals surface area contributed by atoms with Crippen molar-refractivity contribution in [1.82, 2.24) is 0 Å². The highest BCUT2D eigenvalue weighted by Crippen LogP contribution is 2.39. The van der Waals surface area contributed by atoms with Gasteiger partial charge in [-0.1, -0.05) is 34.6 Å². The fraction of sp³-hybridized carbons (Fsp3) is 1.00. The molecule has 0 aromatic carbocycles. The van der Waals surface area contributed by atoms with Crippen molar-refractivity contribution in [1.29, 1.82) is 0 Å². The van der Waals surface area contributed by atoms with E-state index in [9.17, 15) is 0 Å². The zero-order chi connectivity index (χ0) is 11.6. The molecule has 0 aromatic heterocycles. The monoisotopic (exact) mass is 200 g/mol. The molecular weight excluding hydrogens is 172 g/mol. The van der Waals surface area contributed by atoms with Gasteiger partial charge in [0.25, 0.3) is 0 Å². The third-order valence-corrected chi connectivity index (χ3v) is 2.88. The van der Waals surface area contributed by atoms with Crippen LogP contribution in [0.2, 0.25) is 0 Å². The molecule has 0 bridgehead atoms. The van der Waals surface area contributed by atoms with Crippen molar-refractivity contribution in [3.8, 4) is 0 Å². The second-order valence-electron chi connectivity index (χ2n) is 6.25. The van der Waals surface area contributed by atoms with Gasteiger partial charge in [-0.3, -0.25) is 0 Å². The minimum absolute atomic E-state index is 0.0185. The molecule has 0 amide bonds. The van der Waals surface area contributed by atoms with Gasteiger partial charge < -0.3 is 4.74 Å². The summed E-state index contributed by atoms with van der Waals surface area (Å²) in [5, 5.41) is 0. The molecule has 1 heteroatoms. The second kappa shape index (κ2) is 4.65. The van der Waals surface area contributed by atoms with Crippen LogP contribution in [0.5, 0.6) is 0 Å². The number of hydrogen-bond acceptors (Lipinski definition) is 1. The summed E-state index contributed by atoms with van der Waals surface area (Å²) in [7, 11) is 0. The summed E-state index contributed by atoms with van der Waals surface area (Å²) in [6, 6.07) is 0. The fourth-order valence-electron chi connectivity index (χ4n) is 1.83. The lowest BCUT2D eigenvalue weighted by Crippen LogP contribution is -2.45. The van der Waals surface area contributed by atoms with Crippen molar-refractivity contribution >= 4 is 0 Å². The van der Waals surface area contributed by atoms with Crippen molar-refractivity contribution < 1.29 is 4.74 Å². The first-order valence-corrected chi connectivity index (χ1v) is 5.76. The Morgan fingerprint density at radius 1 is 0.929 bits per heavy atom. The zero-order valence-corrected chi connectivity index (χ0v) is 11.3. The van der Waals surface area contributed by atoms with Crippen LogP contribution >= 0.6 is 0 Å². The van der Waals surface area contributed by atoms with Gasteiger partial charge in [-0.25, -0.2) is 0 Å². The van der Waals surface area contributed by atoms with E-state index in [1.165, 1.54) is 0 Å². The van der Waals surface area contributed by atoms with Gasteiger partial charge in [0, 0.05) is 0 Å². The van der Waals surface area contributed by atoms with E-state index in [0.717, 1.165) is 6.42 Å². The Labute approximate surface area is 90.2 Å². The highest BCUT2D eigenvalue weighted by atomic mass is 16.5. The predicted octanol–water partition coefficient (Wildman–Crippen LogP) is 4.26. The van der Waals surface area contributed by atoms with Crippen LogP contribution in [0, 0.1) is 11.3 Å². The van der Waals surface area contributed by atoms with Gasteiger partial charge in [-0.15, -0.1) is 0 Å². The van der Waals surface area contributed by atoms with Crippen LogP contribution in [-0.4, -0.2) is 11.7 Å². The van der Waals surface area contributed by atoms with Gasteiger partial charge >= 0.3 is 0 Å². The first-order chi connectivity index (χ1) is 6.08. The molecule has 1 unspecified atom stereocenters. The molecule has 14 heavy (non-hydrogen) atoms. The van der Waals surface area contributed by atoms with Crippen LogP contribution in [0.15, 0.2) is 0 Å². The maximum absolute atomic E-state index is 6.11. The summed E-state index contributed by atoms with van der Waals surface area (Å²) in [5.41, 5.74) is 0.177. The Hall–Kier alpha value is -0.0400. The SMILES string of the molecule is CC(C)CC(C)(OC(C)C)C(C)(C)C. The summed E-state index contributed by atoms with van der Waals surface area (Å²) < 4.78 is 6.11. The maximum atomic E-state index is 6.11. The number of rotatable bonds is 4. The summed E-state index contributed by atoms with van der Waals surface area (Å²) >= 11 is 0. The Morgan fingerprint density at radius 3 is 1.57 bits per heavy atom. The van der Waals surface area contributed by atoms with Gasteiger partial charge in [0.15, 0.2) is 0 Å². The fourth-order valence-corrected chi connectivity index (χ4v) is 1.83. The topological polar surface area (TPSA) is 9.23 Å². The molecule has 0 rings (SSSR count). The molecule has 0 N–H and O–H groups in total. The third kappa shape index (κ3) is 4.00. The Morgan fingerprint density at radius 2 is 1.36 bits per heavy atom. The Bertz CT molecular complexity index is 153. The van der Waals surface area contributed by atoms with Gasteiger partial charge in [0.2, 0.25) is 0 Å². The highest BCUT2D eigenvalue weighted by Gasteiger charge is 2.39. The van der Waals surface area contributed by atoms with Crippen molar-refractivity contribution in [3.63, 3.8) is 0 Å². The first kappa shape index (κ1) is 14.0. The standard InChI is InChI=1S/C13H28O/c1-10(2)9-13(8,12(5,6)7)14-11(3)4/h10-11H,9H2,1-8H3. The number of hydrogen-bond donors (Lipinski definition) is 0. The van der Waals surface area contributed by atoms with Crippen LogP contribution in [-0.2, 0) is 4.74 Å². The summed E-state index contributed by atoms with van der Waals surface area (Å²) in [5.74, 6) is 0.679. The molecule has 0 fully saturated rings. The van der Waals surface area contributed by atoms with E-state index >= 15 is 0 Å². The van der Waals surface area contributed by atoms with Crippen molar-refractivity contribution in [2.45, 2.75) is 73.5 Å². The summed E-state index contributed by atoms with van der Waals surface area (Å²) in [4.78, 5) is 0. The summed E-state index contributed by atoms with van der Waals surface area (Å²) in [6.45, 7) is 17.8. The first-order valence-electron chi connectivity index (χ1n) is 5.76. The largest absolute Gasteiger partial charge is 0.372 e. The molecule has 0 spiro atoms. The number of ether oxygens (including phenoxy) is 1. The van der Waals surface area contributed by atoms with Crippen LogP contribution in [0.25, 0.3) is 0 Å². The molecule has 0 heterocycles. The molecule has 0 saturated heterocycles. The maximum Gasteiger partial charge on any atom is 0.0708 e. The lowest BCUT2D eigenvalue weighted by atomic mass is 9.73. The average Bonchev–Trinajstić information content (AvgIpc) is 1.78. The van der Waals surface area contributed by atoms with Crippen molar-refractivity contribution in [2.24, 2.45) is 11.3 Å². The second-order valence-corrected chi connectivity index (χ2v) is 6.25. The van der Waals surface area contributed by atoms with Gasteiger partial charge in [-0.2, -0.15) is 0 Å². The molecule has 0 aliphatic carbocycles. The van der Waals surface area contributed by atoms with Crippen molar-refractivity contribution in [2.75, 3.05) is 0 Å². The van der Waals surface area contributed by atoms with Crippen LogP contribution in [0.1, 0.15) is 61.8 Å². The zero-order valence-electron chi connectivity index (χ0n) is 11.3. The molecular formula is C13H28O. The lowest BCUT2D eigenvalue weighted by Gasteiger charge is -2.44. The van der Waals surface area contributed by atoms with Gasteiger partial charge in [0.05, 0.1) is 11.7 Å². The van der Waals surface area contributed by atoms with E-state index in [1.54, 1.807) is 0 Å². The van der Waals surface area contributed by atoms with E-state index in [4.69, 9.17) is 4.74 Å². The van der Waals surface area contributed by atoms with E-state index in [-0.39, 0.29) is 11.0 Å². The molecule has 0 radical (unpaired) electrons. The third-order valence-electron chi connectivity index (χ3n) is 2.88. The Kier molecular flexibility index (Phi) is 4.64. The molecule has 1 atom stereocenters. The van der Waals surface area contributed by atoms with E-state index in [0.29, 0.717) is 12.0 Å². The minimum Gasteiger partial charge on any atom is -0.372 e. The Balaban J connectivity index is 4.67. The van der Waals surface area contributed by atoms with E-state index in [1.807, 2.05) is 0 Å². The summed E-state index contributed by atoms with van der Waals surface area (Å²) in [6.07, 6.45) is 1.42. The quantitative estimate of drug-likeness (QED) is 0.659. The average molecular weight is 200 g/mol. The molecule has 1 nitrogen and oxygen atoms in total. The van der Waals surface area contributed by atoms with Crippen LogP contribution < -0.4 is 0 Å². The highest BCUT2D eigenvalue weighted by molar-refractivity contribution is 4.89. The molecule has 0 aliphatic heterocycles. The molecule has 0 aliphatic rings.